The van der Waals surface area contributed by atoms with Crippen LogP contribution in [0.25, 0.3) is 0 Å². The molecule has 0 N–H and O–H groups in total. The fourth-order valence-electron chi connectivity index (χ4n) is 1.55. The number of nitrogens with zero attached hydrogens (tertiary/aromatic N) is 2. The molecule has 4 nitrogen and oxygen atoms in total. The summed E-state index contributed by atoms with van der Waals surface area (Å²) < 4.78 is 0. The third kappa shape index (κ3) is 2.94. The van der Waals surface area contributed by atoms with Crippen LogP contribution in [0.15, 0.2) is 0 Å². The van der Waals surface area contributed by atoms with Crippen molar-refractivity contribution in [3.8, 4) is 0 Å². The summed E-state index contributed by atoms with van der Waals surface area (Å²) in [6, 6.07) is 0. The van der Waals surface area contributed by atoms with Crippen molar-refractivity contribution in [1.29, 1.82) is 0 Å². The molecule has 1 rings (SSSR count). The number of hydrogen-bond donors (Lipinski definition) is 0. The van der Waals surface area contributed by atoms with Gasteiger partial charge in [0, 0.05) is 13.1 Å². The molecule has 4 radical (unpaired) electrons. The van der Waals surface area contributed by atoms with Crippen molar-refractivity contribution in [2.45, 2.75) is 32.1 Å². The molecule has 82 valence electrons. The van der Waals surface area contributed by atoms with E-state index in [0.717, 1.165) is 0 Å². The van der Waals surface area contributed by atoms with Crippen molar-refractivity contribution < 1.29 is 9.59 Å². The van der Waals surface area contributed by atoms with Gasteiger partial charge in [-0.15, -0.1) is 0 Å². The van der Waals surface area contributed by atoms with Gasteiger partial charge in [0.1, 0.15) is 6.42 Å². The van der Waals surface area contributed by atoms with E-state index in [1.165, 1.54) is 10.0 Å². The van der Waals surface area contributed by atoms with Gasteiger partial charge in [0.25, 0.3) is 11.8 Å². The highest BCUT2D eigenvalue weighted by Gasteiger charge is 2.34. The predicted molar refractivity (Wildman–Crippen MR) is 55.1 cm³/mol. The Balaban J connectivity index is 2.54. The Morgan fingerprint density at radius 3 is 1.67 bits per heavy atom. The molecule has 0 atom stereocenters. The number of hydrazine groups is 1. The van der Waals surface area contributed by atoms with Crippen molar-refractivity contribution in [3.05, 3.63) is 13.8 Å². The average Bonchev–Trinajstić information content (AvgIpc) is 2.47. The van der Waals surface area contributed by atoms with E-state index >= 15 is 0 Å². The Hall–Kier alpha value is -1.06. The normalized spacial score (nSPS) is 16.7. The topological polar surface area (TPSA) is 40.6 Å². The zero-order valence-corrected chi connectivity index (χ0v) is 8.82. The molecule has 0 aromatic rings. The van der Waals surface area contributed by atoms with E-state index < -0.39 is 0 Å². The van der Waals surface area contributed by atoms with Gasteiger partial charge in [-0.05, 0) is 39.5 Å². The molecule has 1 saturated heterocycles. The molecular weight excluding hydrogens is 192 g/mol. The highest BCUT2D eigenvalue weighted by molar-refractivity contribution is 6.02. The van der Waals surface area contributed by atoms with Gasteiger partial charge in [-0.25, -0.2) is 0 Å². The maximum atomic E-state index is 11.5. The summed E-state index contributed by atoms with van der Waals surface area (Å²) in [5.41, 5.74) is 0. The Kier molecular flexibility index (Phi) is 4.59. The van der Waals surface area contributed by atoms with Crippen molar-refractivity contribution in [3.63, 3.8) is 0 Å². The third-order valence-electron chi connectivity index (χ3n) is 2.32. The summed E-state index contributed by atoms with van der Waals surface area (Å²) in [5.74, 6) is -0.268. The molecule has 0 bridgehead atoms. The molecule has 0 aliphatic carbocycles. The van der Waals surface area contributed by atoms with Crippen LogP contribution in [0.2, 0.25) is 0 Å². The number of rotatable bonds is 6. The van der Waals surface area contributed by atoms with Gasteiger partial charge in [-0.3, -0.25) is 19.6 Å². The highest BCUT2D eigenvalue weighted by Crippen LogP contribution is 2.15. The molecule has 1 aliphatic rings. The van der Waals surface area contributed by atoms with E-state index in [1.807, 2.05) is 0 Å². The lowest BCUT2D eigenvalue weighted by molar-refractivity contribution is -0.147. The average molecular weight is 208 g/mol. The molecule has 2 amide bonds. The van der Waals surface area contributed by atoms with Gasteiger partial charge in [0.2, 0.25) is 0 Å². The largest absolute Gasteiger partial charge is 0.272 e. The molecule has 4 heteroatoms. The monoisotopic (exact) mass is 208 g/mol. The fourth-order valence-corrected chi connectivity index (χ4v) is 1.55. The lowest BCUT2D eigenvalue weighted by atomic mass is 10.3. The van der Waals surface area contributed by atoms with E-state index in [2.05, 4.69) is 0 Å². The van der Waals surface area contributed by atoms with Crippen molar-refractivity contribution in [2.75, 3.05) is 13.1 Å². The zero-order chi connectivity index (χ0) is 11.3. The summed E-state index contributed by atoms with van der Waals surface area (Å²) in [5, 5.41) is 2.98. The van der Waals surface area contributed by atoms with Gasteiger partial charge in [0.15, 0.2) is 0 Å². The SMILES string of the molecule is [CH]CCCN1C(=O)CC(=O)N1CCC[CH]. The van der Waals surface area contributed by atoms with Gasteiger partial charge in [-0.1, -0.05) is 0 Å². The van der Waals surface area contributed by atoms with E-state index in [4.69, 9.17) is 13.8 Å². The van der Waals surface area contributed by atoms with E-state index in [9.17, 15) is 9.59 Å². The first-order chi connectivity index (χ1) is 7.20. The summed E-state index contributed by atoms with van der Waals surface area (Å²) >= 11 is 0. The summed E-state index contributed by atoms with van der Waals surface area (Å²) in [4.78, 5) is 22.9. The fraction of sp³-hybridized carbons (Fsp3) is 0.636. The molecule has 0 unspecified atom stereocenters. The smallest absolute Gasteiger partial charge is 0.250 e. The van der Waals surface area contributed by atoms with Crippen molar-refractivity contribution in [1.82, 2.24) is 10.0 Å². The highest BCUT2D eigenvalue weighted by atomic mass is 16.2. The molecule has 1 aliphatic heterocycles. The Labute approximate surface area is 91.2 Å². The summed E-state index contributed by atoms with van der Waals surface area (Å²) in [6.45, 7) is 11.8. The molecule has 0 aromatic heterocycles. The minimum atomic E-state index is -0.134. The van der Waals surface area contributed by atoms with Crippen LogP contribution in [0.4, 0.5) is 0 Å². The number of amides is 2. The minimum absolute atomic E-state index is 0.0187. The van der Waals surface area contributed by atoms with Crippen LogP contribution in [0.5, 0.6) is 0 Å². The van der Waals surface area contributed by atoms with Crippen LogP contribution in [0.1, 0.15) is 32.1 Å². The minimum Gasteiger partial charge on any atom is -0.272 e. The second kappa shape index (κ2) is 5.73. The van der Waals surface area contributed by atoms with Gasteiger partial charge in [0.05, 0.1) is 0 Å². The molecule has 15 heavy (non-hydrogen) atoms. The first-order valence-electron chi connectivity index (χ1n) is 5.21. The maximum Gasteiger partial charge on any atom is 0.250 e. The first-order valence-corrected chi connectivity index (χ1v) is 5.21. The van der Waals surface area contributed by atoms with Gasteiger partial charge >= 0.3 is 0 Å². The second-order valence-electron chi connectivity index (χ2n) is 3.49. The lowest BCUT2D eigenvalue weighted by Gasteiger charge is -2.27. The zero-order valence-electron chi connectivity index (χ0n) is 8.82. The Bertz CT molecular complexity index is 217. The van der Waals surface area contributed by atoms with Crippen molar-refractivity contribution in [2.24, 2.45) is 0 Å². The van der Waals surface area contributed by atoms with E-state index in [-0.39, 0.29) is 18.2 Å². The molecule has 1 heterocycles. The quantitative estimate of drug-likeness (QED) is 0.610. The third-order valence-corrected chi connectivity index (χ3v) is 2.32. The Morgan fingerprint density at radius 1 is 0.933 bits per heavy atom. The summed E-state index contributed by atoms with van der Waals surface area (Å²) in [6.07, 6.45) is 2.43. The number of carbonyl (C=O) groups is 2. The predicted octanol–water partition coefficient (Wildman–Crippen LogP) is 0.945. The van der Waals surface area contributed by atoms with E-state index in [1.54, 1.807) is 0 Å². The first kappa shape index (κ1) is 12.0. The summed E-state index contributed by atoms with van der Waals surface area (Å²) in [7, 11) is 0. The van der Waals surface area contributed by atoms with Crippen LogP contribution < -0.4 is 0 Å². The van der Waals surface area contributed by atoms with Crippen LogP contribution in [-0.4, -0.2) is 34.9 Å². The number of unbranched alkanes of at least 4 members (excludes halogenated alkanes) is 2. The van der Waals surface area contributed by atoms with Crippen LogP contribution in [0, 0.1) is 13.8 Å². The molecule has 0 spiro atoms. The van der Waals surface area contributed by atoms with Gasteiger partial charge < -0.3 is 0 Å². The second-order valence-corrected chi connectivity index (χ2v) is 3.49. The van der Waals surface area contributed by atoms with Gasteiger partial charge in [-0.2, -0.15) is 0 Å². The van der Waals surface area contributed by atoms with Crippen molar-refractivity contribution >= 4 is 11.8 Å². The molecule has 0 saturated carbocycles. The molecule has 1 fully saturated rings. The molecule has 0 aromatic carbocycles. The maximum absolute atomic E-state index is 11.5. The Morgan fingerprint density at radius 2 is 1.33 bits per heavy atom. The van der Waals surface area contributed by atoms with E-state index in [0.29, 0.717) is 38.8 Å². The number of carbonyl (C=O) groups excluding carboxylic acids is 2. The number of hydrogen-bond acceptors (Lipinski definition) is 2. The lowest BCUT2D eigenvalue weighted by Crippen LogP contribution is -2.42. The van der Waals surface area contributed by atoms with Crippen LogP contribution in [0.3, 0.4) is 0 Å². The van der Waals surface area contributed by atoms with Crippen LogP contribution >= 0.6 is 0 Å². The molecular formula is C11H16N2O2. The van der Waals surface area contributed by atoms with Crippen LogP contribution in [-0.2, 0) is 9.59 Å². The standard InChI is InChI=1S/C11H16N2O2/c1-3-5-7-12-10(14)9-11(15)13(12)8-6-4-2/h1-2H,3-9H2.